The van der Waals surface area contributed by atoms with Crippen molar-refractivity contribution in [1.29, 1.82) is 0 Å². The maximum Gasteiger partial charge on any atom is 0.142 e. The highest BCUT2D eigenvalue weighted by Gasteiger charge is 2.38. The van der Waals surface area contributed by atoms with Gasteiger partial charge in [-0.1, -0.05) is 30.3 Å². The summed E-state index contributed by atoms with van der Waals surface area (Å²) in [4.78, 5) is 2.37. The number of ether oxygens (including phenoxy) is 6. The van der Waals surface area contributed by atoms with Gasteiger partial charge < -0.3 is 43.7 Å². The lowest BCUT2D eigenvalue weighted by molar-refractivity contribution is -0.0752. The fourth-order valence-corrected chi connectivity index (χ4v) is 5.97. The van der Waals surface area contributed by atoms with E-state index < -0.39 is 6.10 Å². The van der Waals surface area contributed by atoms with Crippen molar-refractivity contribution in [3.05, 3.63) is 59.2 Å². The lowest BCUT2D eigenvalue weighted by Crippen LogP contribution is -2.51. The molecule has 2 aromatic rings. The minimum absolute atomic E-state index is 0.0281. The highest BCUT2D eigenvalue weighted by molar-refractivity contribution is 5.61. The summed E-state index contributed by atoms with van der Waals surface area (Å²) in [7, 11) is 3.51. The van der Waals surface area contributed by atoms with Crippen molar-refractivity contribution in [2.45, 2.75) is 63.3 Å². The lowest BCUT2D eigenvalue weighted by atomic mass is 9.85. The van der Waals surface area contributed by atoms with Crippen molar-refractivity contribution < 1.29 is 33.5 Å². The molecule has 0 amide bonds. The highest BCUT2D eigenvalue weighted by atomic mass is 16.5. The van der Waals surface area contributed by atoms with Crippen molar-refractivity contribution in [3.63, 3.8) is 0 Å². The second-order valence-electron chi connectivity index (χ2n) is 11.8. The van der Waals surface area contributed by atoms with E-state index in [1.165, 1.54) is 5.56 Å². The summed E-state index contributed by atoms with van der Waals surface area (Å²) < 4.78 is 35.3. The molecule has 1 saturated carbocycles. The van der Waals surface area contributed by atoms with Crippen LogP contribution in [0.15, 0.2) is 42.5 Å². The number of aliphatic hydroxyl groups is 1. The molecule has 9 heteroatoms. The minimum Gasteiger partial charge on any atom is -0.490 e. The predicted molar refractivity (Wildman–Crippen MR) is 161 cm³/mol. The van der Waals surface area contributed by atoms with E-state index in [1.807, 2.05) is 0 Å². The van der Waals surface area contributed by atoms with Crippen LogP contribution < -0.4 is 15.0 Å². The number of rotatable bonds is 16. The zero-order chi connectivity index (χ0) is 29.3. The van der Waals surface area contributed by atoms with Crippen molar-refractivity contribution in [3.8, 4) is 5.75 Å². The van der Waals surface area contributed by atoms with Crippen molar-refractivity contribution >= 4 is 5.69 Å². The van der Waals surface area contributed by atoms with Crippen molar-refractivity contribution in [2.24, 2.45) is 5.92 Å². The molecule has 232 valence electrons. The van der Waals surface area contributed by atoms with Gasteiger partial charge in [-0.25, -0.2) is 0 Å². The molecule has 1 aliphatic carbocycles. The van der Waals surface area contributed by atoms with E-state index in [4.69, 9.17) is 28.4 Å². The fraction of sp³-hybridized carbons (Fsp3) is 0.636. The number of benzene rings is 2. The molecule has 9 nitrogen and oxygen atoms in total. The molecule has 0 bridgehead atoms. The Morgan fingerprint density at radius 3 is 2.52 bits per heavy atom. The molecule has 2 aliphatic heterocycles. The van der Waals surface area contributed by atoms with Crippen LogP contribution in [0.4, 0.5) is 5.69 Å². The third-order valence-corrected chi connectivity index (χ3v) is 8.39. The number of methoxy groups -OCH3 is 2. The molecule has 0 radical (unpaired) electrons. The molecule has 3 unspecified atom stereocenters. The van der Waals surface area contributed by atoms with Gasteiger partial charge in [-0.15, -0.1) is 0 Å². The first-order chi connectivity index (χ1) is 20.6. The molecular formula is C33H48N2O7. The Labute approximate surface area is 250 Å². The van der Waals surface area contributed by atoms with E-state index in [2.05, 4.69) is 52.7 Å². The fourth-order valence-electron chi connectivity index (χ4n) is 5.97. The van der Waals surface area contributed by atoms with Crippen LogP contribution in [0.2, 0.25) is 0 Å². The first-order valence-corrected chi connectivity index (χ1v) is 15.4. The summed E-state index contributed by atoms with van der Waals surface area (Å²) in [6.07, 6.45) is 1.68. The smallest absolute Gasteiger partial charge is 0.142 e. The van der Waals surface area contributed by atoms with Gasteiger partial charge in [-0.3, -0.25) is 0 Å². The summed E-state index contributed by atoms with van der Waals surface area (Å²) in [5, 5.41) is 13.4. The summed E-state index contributed by atoms with van der Waals surface area (Å²) in [5.41, 5.74) is 4.55. The van der Waals surface area contributed by atoms with Gasteiger partial charge in [0.1, 0.15) is 12.4 Å². The molecule has 42 heavy (non-hydrogen) atoms. The number of hydrogen-bond donors (Lipinski definition) is 2. The molecule has 1 saturated heterocycles. The third kappa shape index (κ3) is 8.44. The zero-order valence-electron chi connectivity index (χ0n) is 25.3. The summed E-state index contributed by atoms with van der Waals surface area (Å²) in [6, 6.07) is 15.0. The Kier molecular flexibility index (Phi) is 11.5. The van der Waals surface area contributed by atoms with Gasteiger partial charge in [0.15, 0.2) is 0 Å². The number of aliphatic hydroxyl groups excluding tert-OH is 1. The van der Waals surface area contributed by atoms with Gasteiger partial charge in [-0.2, -0.15) is 0 Å². The monoisotopic (exact) mass is 584 g/mol. The molecule has 6 atom stereocenters. The molecule has 0 aromatic heterocycles. The topological polar surface area (TPSA) is 90.9 Å². The Bertz CT molecular complexity index is 1100. The third-order valence-electron chi connectivity index (χ3n) is 8.39. The summed E-state index contributed by atoms with van der Waals surface area (Å²) in [6.45, 7) is 8.52. The van der Waals surface area contributed by atoms with Gasteiger partial charge in [0.05, 0.1) is 63.1 Å². The van der Waals surface area contributed by atoms with Gasteiger partial charge in [0.25, 0.3) is 0 Å². The van der Waals surface area contributed by atoms with E-state index in [0.717, 1.165) is 68.3 Å². The molecule has 0 spiro atoms. The van der Waals surface area contributed by atoms with Crippen LogP contribution >= 0.6 is 0 Å². The largest absolute Gasteiger partial charge is 0.490 e. The summed E-state index contributed by atoms with van der Waals surface area (Å²) in [5.74, 6) is 1.47. The SMILES string of the molecule is COCCCN1CCOc2ccc(CO[C@H]3CNC[C@@H](OC[C@@H](C)O)C3c3ccc(COCC4CC4OC)cc3)cc21. The highest BCUT2D eigenvalue weighted by Crippen LogP contribution is 2.35. The minimum atomic E-state index is -0.528. The number of piperidine rings is 1. The van der Waals surface area contributed by atoms with Gasteiger partial charge in [-0.05, 0) is 48.6 Å². The lowest BCUT2D eigenvalue weighted by Gasteiger charge is -2.39. The van der Waals surface area contributed by atoms with Crippen LogP contribution in [0, 0.1) is 5.92 Å². The van der Waals surface area contributed by atoms with Gasteiger partial charge in [0, 0.05) is 52.3 Å². The molecular weight excluding hydrogens is 536 g/mol. The van der Waals surface area contributed by atoms with E-state index >= 15 is 0 Å². The number of anilines is 1. The van der Waals surface area contributed by atoms with Crippen LogP contribution in [0.25, 0.3) is 0 Å². The maximum absolute atomic E-state index is 9.92. The quantitative estimate of drug-likeness (QED) is 0.288. The van der Waals surface area contributed by atoms with Crippen LogP contribution in [0.5, 0.6) is 5.75 Å². The Morgan fingerprint density at radius 1 is 1.00 bits per heavy atom. The standard InChI is InChI=1S/C33H48N2O7/c1-23(36)19-41-31-17-34-18-32(33(31)26-8-5-24(6-9-26)20-39-22-27-16-30(27)38-3)42-21-25-7-10-29-28(15-25)35(12-14-40-29)11-4-13-37-2/h5-10,15,23,27,30-34,36H,4,11-14,16-22H2,1-3H3/t23-,27?,30?,31-,32+,33?/m1/s1. The Balaban J connectivity index is 1.24. The van der Waals surface area contributed by atoms with E-state index in [-0.39, 0.29) is 24.7 Å². The molecule has 2 aromatic carbocycles. The second kappa shape index (κ2) is 15.5. The Morgan fingerprint density at radius 2 is 1.79 bits per heavy atom. The predicted octanol–water partition coefficient (Wildman–Crippen LogP) is 3.51. The molecule has 2 heterocycles. The maximum atomic E-state index is 9.92. The number of nitrogens with zero attached hydrogens (tertiary/aromatic N) is 1. The molecule has 2 N–H and O–H groups in total. The van der Waals surface area contributed by atoms with E-state index in [1.54, 1.807) is 21.1 Å². The summed E-state index contributed by atoms with van der Waals surface area (Å²) >= 11 is 0. The molecule has 2 fully saturated rings. The number of nitrogens with one attached hydrogen (secondary N) is 1. The second-order valence-corrected chi connectivity index (χ2v) is 11.8. The number of fused-ring (bicyclic) bond motifs is 1. The normalized spacial score (nSPS) is 26.0. The van der Waals surface area contributed by atoms with Crippen LogP contribution in [0.3, 0.4) is 0 Å². The number of hydrogen-bond acceptors (Lipinski definition) is 9. The molecule has 5 rings (SSSR count). The zero-order valence-corrected chi connectivity index (χ0v) is 25.3. The van der Waals surface area contributed by atoms with Gasteiger partial charge in [0.2, 0.25) is 0 Å². The molecule has 3 aliphatic rings. The average Bonchev–Trinajstić information content (AvgIpc) is 3.78. The Hall–Kier alpha value is -2.24. The average molecular weight is 585 g/mol. The van der Waals surface area contributed by atoms with Crippen LogP contribution in [0.1, 0.15) is 42.4 Å². The first-order valence-electron chi connectivity index (χ1n) is 15.4. The van der Waals surface area contributed by atoms with Crippen molar-refractivity contribution in [1.82, 2.24) is 5.32 Å². The van der Waals surface area contributed by atoms with Gasteiger partial charge >= 0.3 is 0 Å². The van der Waals surface area contributed by atoms with E-state index in [0.29, 0.717) is 38.4 Å². The van der Waals surface area contributed by atoms with Crippen LogP contribution in [-0.2, 0) is 36.9 Å². The van der Waals surface area contributed by atoms with Crippen LogP contribution in [-0.4, -0.2) is 96.3 Å². The first kappa shape index (κ1) is 31.2. The van der Waals surface area contributed by atoms with Crippen molar-refractivity contribution in [2.75, 3.05) is 71.7 Å². The van der Waals surface area contributed by atoms with E-state index in [9.17, 15) is 5.11 Å².